The summed E-state index contributed by atoms with van der Waals surface area (Å²) in [6.45, 7) is 0. The van der Waals surface area contributed by atoms with Gasteiger partial charge in [0.05, 0.1) is 4.90 Å². The van der Waals surface area contributed by atoms with Gasteiger partial charge in [-0.05, 0) is 56.1 Å². The van der Waals surface area contributed by atoms with Gasteiger partial charge in [-0.15, -0.1) is 0 Å². The van der Waals surface area contributed by atoms with Gasteiger partial charge in [-0.25, -0.2) is 17.4 Å². The maximum atomic E-state index is 12.7. The van der Waals surface area contributed by atoms with Crippen molar-refractivity contribution >= 4 is 52.9 Å². The van der Waals surface area contributed by atoms with E-state index < -0.39 is 10.0 Å². The maximum Gasteiger partial charge on any atom is 0.270 e. The van der Waals surface area contributed by atoms with E-state index >= 15 is 0 Å². The van der Waals surface area contributed by atoms with Crippen LogP contribution >= 0.6 is 31.9 Å². The number of rotatable bonds is 2. The van der Waals surface area contributed by atoms with Gasteiger partial charge in [-0.3, -0.25) is 0 Å². The van der Waals surface area contributed by atoms with E-state index in [0.717, 1.165) is 9.86 Å². The molecule has 0 atom stereocenters. The van der Waals surface area contributed by atoms with Crippen molar-refractivity contribution in [3.05, 3.63) is 57.7 Å². The monoisotopic (exact) mass is 414 g/mol. The molecule has 0 bridgehead atoms. The predicted molar refractivity (Wildman–Crippen MR) is 84.2 cm³/mol. The molecule has 3 rings (SSSR count). The number of halogens is 2. The molecule has 0 aliphatic heterocycles. The lowest BCUT2D eigenvalue weighted by Crippen LogP contribution is -2.13. The SMILES string of the molecule is O=S(=O)(c1ccccc1)n1c(Br)cc2c(Br)ccnc21. The summed E-state index contributed by atoms with van der Waals surface area (Å²) in [7, 11) is -3.68. The normalized spacial score (nSPS) is 11.9. The lowest BCUT2D eigenvalue weighted by Gasteiger charge is -2.08. The first-order valence-corrected chi connectivity index (χ1v) is 8.66. The van der Waals surface area contributed by atoms with Crippen LogP contribution in [-0.2, 0) is 10.0 Å². The molecule has 0 N–H and O–H groups in total. The van der Waals surface area contributed by atoms with Gasteiger partial charge in [0.1, 0.15) is 4.60 Å². The van der Waals surface area contributed by atoms with Crippen LogP contribution in [0.3, 0.4) is 0 Å². The van der Waals surface area contributed by atoms with Gasteiger partial charge in [0, 0.05) is 16.1 Å². The molecule has 2 aromatic heterocycles. The van der Waals surface area contributed by atoms with Crippen molar-refractivity contribution in [3.63, 3.8) is 0 Å². The van der Waals surface area contributed by atoms with E-state index in [-0.39, 0.29) is 4.90 Å². The maximum absolute atomic E-state index is 12.7. The molecule has 0 amide bonds. The molecule has 3 aromatic rings. The van der Waals surface area contributed by atoms with Gasteiger partial charge >= 0.3 is 0 Å². The minimum absolute atomic E-state index is 0.222. The van der Waals surface area contributed by atoms with Crippen LogP contribution in [0.25, 0.3) is 11.0 Å². The quantitative estimate of drug-likeness (QED) is 0.639. The van der Waals surface area contributed by atoms with Crippen LogP contribution in [0.15, 0.2) is 62.6 Å². The van der Waals surface area contributed by atoms with Crippen molar-refractivity contribution < 1.29 is 8.42 Å². The molecule has 4 nitrogen and oxygen atoms in total. The third-order valence-electron chi connectivity index (χ3n) is 2.85. The largest absolute Gasteiger partial charge is 0.270 e. The van der Waals surface area contributed by atoms with E-state index in [4.69, 9.17) is 0 Å². The molecule has 0 saturated heterocycles. The van der Waals surface area contributed by atoms with Gasteiger partial charge in [0.15, 0.2) is 5.65 Å². The zero-order valence-corrected chi connectivity index (χ0v) is 14.0. The number of nitrogens with zero attached hydrogens (tertiary/aromatic N) is 2. The summed E-state index contributed by atoms with van der Waals surface area (Å²) >= 11 is 6.70. The Morgan fingerprint density at radius 2 is 1.75 bits per heavy atom. The lowest BCUT2D eigenvalue weighted by atomic mass is 10.3. The van der Waals surface area contributed by atoms with Gasteiger partial charge in [-0.2, -0.15) is 0 Å². The molecule has 0 saturated carbocycles. The molecule has 102 valence electrons. The fourth-order valence-electron chi connectivity index (χ4n) is 1.94. The second-order valence-corrected chi connectivity index (χ2v) is 7.53. The average molecular weight is 416 g/mol. The number of hydrogen-bond acceptors (Lipinski definition) is 3. The van der Waals surface area contributed by atoms with Crippen LogP contribution in [-0.4, -0.2) is 17.4 Å². The van der Waals surface area contributed by atoms with Crippen molar-refractivity contribution in [2.24, 2.45) is 0 Å². The Morgan fingerprint density at radius 1 is 1.05 bits per heavy atom. The smallest absolute Gasteiger partial charge is 0.237 e. The zero-order chi connectivity index (χ0) is 14.3. The molecule has 0 aliphatic rings. The van der Waals surface area contributed by atoms with E-state index in [1.54, 1.807) is 48.7 Å². The summed E-state index contributed by atoms with van der Waals surface area (Å²) in [4.78, 5) is 4.40. The number of hydrogen-bond donors (Lipinski definition) is 0. The average Bonchev–Trinajstić information content (AvgIpc) is 2.78. The number of fused-ring (bicyclic) bond motifs is 1. The highest BCUT2D eigenvalue weighted by Gasteiger charge is 2.23. The van der Waals surface area contributed by atoms with Crippen LogP contribution in [0.4, 0.5) is 0 Å². The van der Waals surface area contributed by atoms with Crippen LogP contribution < -0.4 is 0 Å². The molecule has 0 radical (unpaired) electrons. The summed E-state index contributed by atoms with van der Waals surface area (Å²) < 4.78 is 27.9. The summed E-state index contributed by atoms with van der Waals surface area (Å²) in [6.07, 6.45) is 1.57. The molecule has 2 heterocycles. The first kappa shape index (κ1) is 13.8. The zero-order valence-electron chi connectivity index (χ0n) is 9.99. The number of aromatic nitrogens is 2. The van der Waals surface area contributed by atoms with Gasteiger partial charge in [-0.1, -0.05) is 18.2 Å². The van der Waals surface area contributed by atoms with E-state index in [1.807, 2.05) is 0 Å². The Hall–Kier alpha value is -1.18. The first-order chi connectivity index (χ1) is 9.51. The van der Waals surface area contributed by atoms with Gasteiger partial charge in [0.25, 0.3) is 10.0 Å². The summed E-state index contributed by atoms with van der Waals surface area (Å²) in [6, 6.07) is 11.8. The molecule has 0 aliphatic carbocycles. The number of benzene rings is 1. The Bertz CT molecular complexity index is 889. The van der Waals surface area contributed by atoms with E-state index in [2.05, 4.69) is 36.8 Å². The van der Waals surface area contributed by atoms with Crippen molar-refractivity contribution in [1.29, 1.82) is 0 Å². The minimum atomic E-state index is -3.68. The summed E-state index contributed by atoms with van der Waals surface area (Å²) in [5.74, 6) is 0. The highest BCUT2D eigenvalue weighted by Crippen LogP contribution is 2.31. The van der Waals surface area contributed by atoms with Crippen LogP contribution in [0.2, 0.25) is 0 Å². The molecule has 1 aromatic carbocycles. The number of pyridine rings is 1. The fraction of sp³-hybridized carbons (Fsp3) is 0. The summed E-state index contributed by atoms with van der Waals surface area (Å²) in [5, 5.41) is 0.735. The van der Waals surface area contributed by atoms with Crippen molar-refractivity contribution in [1.82, 2.24) is 8.96 Å². The molecule has 0 spiro atoms. The van der Waals surface area contributed by atoms with Crippen molar-refractivity contribution in [2.75, 3.05) is 0 Å². The molecule has 7 heteroatoms. The lowest BCUT2D eigenvalue weighted by molar-refractivity contribution is 0.588. The molecule has 0 unspecified atom stereocenters. The highest BCUT2D eigenvalue weighted by atomic mass is 79.9. The van der Waals surface area contributed by atoms with E-state index in [0.29, 0.717) is 10.3 Å². The second-order valence-electron chi connectivity index (χ2n) is 4.08. The summed E-state index contributed by atoms with van der Waals surface area (Å²) in [5.41, 5.74) is 0.384. The Morgan fingerprint density at radius 3 is 2.45 bits per heavy atom. The second kappa shape index (κ2) is 4.98. The van der Waals surface area contributed by atoms with Crippen LogP contribution in [0.5, 0.6) is 0 Å². The minimum Gasteiger partial charge on any atom is -0.237 e. The van der Waals surface area contributed by atoms with Gasteiger partial charge in [0.2, 0.25) is 0 Å². The Kier molecular flexibility index (Phi) is 3.43. The Balaban J connectivity index is 2.36. The molecular formula is C13H8Br2N2O2S. The standard InChI is InChI=1S/C13H8Br2N2O2S/c14-11-6-7-16-13-10(11)8-12(15)17(13)20(18,19)9-4-2-1-3-5-9/h1-8H. The fourth-order valence-corrected chi connectivity index (χ4v) is 4.69. The third kappa shape index (κ3) is 2.10. The Labute approximate surface area is 132 Å². The van der Waals surface area contributed by atoms with E-state index in [1.165, 1.54) is 3.97 Å². The first-order valence-electron chi connectivity index (χ1n) is 5.64. The molecular weight excluding hydrogens is 408 g/mol. The predicted octanol–water partition coefficient (Wildman–Crippen LogP) is 3.80. The molecule has 0 fully saturated rings. The van der Waals surface area contributed by atoms with Crippen molar-refractivity contribution in [2.45, 2.75) is 4.90 Å². The van der Waals surface area contributed by atoms with E-state index in [9.17, 15) is 8.42 Å². The highest BCUT2D eigenvalue weighted by molar-refractivity contribution is 9.11. The van der Waals surface area contributed by atoms with Crippen LogP contribution in [0, 0.1) is 0 Å². The van der Waals surface area contributed by atoms with Gasteiger partial charge < -0.3 is 0 Å². The molecule has 20 heavy (non-hydrogen) atoms. The van der Waals surface area contributed by atoms with Crippen LogP contribution in [0.1, 0.15) is 0 Å². The third-order valence-corrected chi connectivity index (χ3v) is 6.08. The van der Waals surface area contributed by atoms with Crippen molar-refractivity contribution in [3.8, 4) is 0 Å². The topological polar surface area (TPSA) is 52.0 Å².